The molecule has 0 radical (unpaired) electrons. The van der Waals surface area contributed by atoms with Crippen LogP contribution in [0.1, 0.15) is 71.1 Å². The van der Waals surface area contributed by atoms with Crippen molar-refractivity contribution in [2.45, 2.75) is 76.7 Å². The van der Waals surface area contributed by atoms with E-state index >= 15 is 0 Å². The van der Waals surface area contributed by atoms with Crippen molar-refractivity contribution in [3.63, 3.8) is 0 Å². The van der Waals surface area contributed by atoms with E-state index in [-0.39, 0.29) is 5.54 Å². The van der Waals surface area contributed by atoms with Crippen LogP contribution in [0, 0.1) is 5.92 Å². The summed E-state index contributed by atoms with van der Waals surface area (Å²) in [5, 5.41) is 3.81. The molecule has 1 saturated carbocycles. The Morgan fingerprint density at radius 3 is 2.74 bits per heavy atom. The molecule has 0 aromatic heterocycles. The van der Waals surface area contributed by atoms with Gasteiger partial charge in [0.15, 0.2) is 0 Å². The van der Waals surface area contributed by atoms with Crippen molar-refractivity contribution in [1.82, 2.24) is 5.32 Å². The summed E-state index contributed by atoms with van der Waals surface area (Å²) in [7, 11) is 0. The molecular formula is C17H32N2. The first kappa shape index (κ1) is 15.1. The molecule has 2 nitrogen and oxygen atoms in total. The maximum Gasteiger partial charge on any atom is 0.0304 e. The van der Waals surface area contributed by atoms with E-state index in [1.807, 2.05) is 0 Å². The number of nitrogens with one attached hydrogen (secondary N) is 1. The molecule has 19 heavy (non-hydrogen) atoms. The molecule has 0 aliphatic heterocycles. The van der Waals surface area contributed by atoms with Crippen LogP contribution in [0.15, 0.2) is 11.6 Å². The maximum absolute atomic E-state index is 6.07. The molecule has 0 unspecified atom stereocenters. The minimum atomic E-state index is 0.253. The van der Waals surface area contributed by atoms with Gasteiger partial charge in [-0.1, -0.05) is 31.4 Å². The van der Waals surface area contributed by atoms with Crippen molar-refractivity contribution in [3.8, 4) is 0 Å². The molecule has 0 amide bonds. The van der Waals surface area contributed by atoms with Gasteiger partial charge in [0.25, 0.3) is 0 Å². The zero-order chi connectivity index (χ0) is 13.6. The van der Waals surface area contributed by atoms with Gasteiger partial charge in [-0.15, -0.1) is 0 Å². The monoisotopic (exact) mass is 264 g/mol. The third-order valence-electron chi connectivity index (χ3n) is 5.23. The molecule has 0 bridgehead atoms. The highest BCUT2D eigenvalue weighted by molar-refractivity contribution is 5.08. The van der Waals surface area contributed by atoms with Crippen LogP contribution in [0.5, 0.6) is 0 Å². The Kier molecular flexibility index (Phi) is 5.90. The summed E-state index contributed by atoms with van der Waals surface area (Å²) in [6.07, 6.45) is 15.7. The third kappa shape index (κ3) is 4.32. The van der Waals surface area contributed by atoms with Crippen LogP contribution in [0.4, 0.5) is 0 Å². The summed E-state index contributed by atoms with van der Waals surface area (Å²) in [6.45, 7) is 4.24. The Morgan fingerprint density at radius 2 is 2.16 bits per heavy atom. The molecule has 1 fully saturated rings. The molecular weight excluding hydrogens is 232 g/mol. The fourth-order valence-electron chi connectivity index (χ4n) is 3.83. The number of hydrogen-bond donors (Lipinski definition) is 2. The Balaban J connectivity index is 1.73. The van der Waals surface area contributed by atoms with Crippen LogP contribution in [-0.4, -0.2) is 18.6 Å². The summed E-state index contributed by atoms with van der Waals surface area (Å²) < 4.78 is 0. The lowest BCUT2D eigenvalue weighted by atomic mass is 9.75. The van der Waals surface area contributed by atoms with Gasteiger partial charge < -0.3 is 11.1 Å². The van der Waals surface area contributed by atoms with Crippen LogP contribution in [0.25, 0.3) is 0 Å². The Labute approximate surface area is 119 Å². The molecule has 0 aromatic carbocycles. The molecule has 0 heterocycles. The number of nitrogens with two attached hydrogens (primary N) is 1. The van der Waals surface area contributed by atoms with Crippen molar-refractivity contribution in [1.29, 1.82) is 0 Å². The van der Waals surface area contributed by atoms with Gasteiger partial charge in [0.05, 0.1) is 0 Å². The first-order valence-corrected chi connectivity index (χ1v) is 8.41. The number of hydrogen-bond acceptors (Lipinski definition) is 2. The average Bonchev–Trinajstić information content (AvgIpc) is 2.95. The topological polar surface area (TPSA) is 38.0 Å². The predicted molar refractivity (Wildman–Crippen MR) is 83.2 cm³/mol. The third-order valence-corrected chi connectivity index (χ3v) is 5.23. The summed E-state index contributed by atoms with van der Waals surface area (Å²) in [6, 6.07) is 0. The molecule has 2 heteroatoms. The normalized spacial score (nSPS) is 31.5. The summed E-state index contributed by atoms with van der Waals surface area (Å²) >= 11 is 0. The lowest BCUT2D eigenvalue weighted by Crippen LogP contribution is -2.53. The van der Waals surface area contributed by atoms with Crippen LogP contribution in [-0.2, 0) is 0 Å². The second-order valence-electron chi connectivity index (χ2n) is 6.65. The van der Waals surface area contributed by atoms with Gasteiger partial charge in [0.1, 0.15) is 0 Å². The minimum absolute atomic E-state index is 0.253. The lowest BCUT2D eigenvalue weighted by molar-refractivity contribution is 0.188. The number of rotatable bonds is 7. The standard InChI is InChI=1S/C17H32N2/c1-2-5-15-8-11-17(14-18,12-9-15)19-13-10-16-6-3-4-7-16/h6,15,19H,2-5,7-14,18H2,1H3. The van der Waals surface area contributed by atoms with Crippen molar-refractivity contribution < 1.29 is 0 Å². The van der Waals surface area contributed by atoms with E-state index in [0.717, 1.165) is 19.0 Å². The van der Waals surface area contributed by atoms with E-state index in [2.05, 4.69) is 18.3 Å². The second kappa shape index (κ2) is 7.44. The zero-order valence-corrected chi connectivity index (χ0v) is 12.7. The fraction of sp³-hybridized carbons (Fsp3) is 0.882. The maximum atomic E-state index is 6.07. The summed E-state index contributed by atoms with van der Waals surface area (Å²) in [4.78, 5) is 0. The van der Waals surface area contributed by atoms with Gasteiger partial charge in [-0.05, 0) is 63.8 Å². The van der Waals surface area contributed by atoms with Crippen molar-refractivity contribution >= 4 is 0 Å². The van der Waals surface area contributed by atoms with Crippen LogP contribution < -0.4 is 11.1 Å². The summed E-state index contributed by atoms with van der Waals surface area (Å²) in [5.74, 6) is 0.962. The van der Waals surface area contributed by atoms with Gasteiger partial charge >= 0.3 is 0 Å². The Hall–Kier alpha value is -0.340. The highest BCUT2D eigenvalue weighted by Gasteiger charge is 2.33. The van der Waals surface area contributed by atoms with Crippen molar-refractivity contribution in [2.24, 2.45) is 11.7 Å². The number of allylic oxidation sites excluding steroid dienone is 1. The smallest absolute Gasteiger partial charge is 0.0304 e. The van der Waals surface area contributed by atoms with E-state index in [1.165, 1.54) is 64.2 Å². The fourth-order valence-corrected chi connectivity index (χ4v) is 3.83. The van der Waals surface area contributed by atoms with Gasteiger partial charge in [-0.2, -0.15) is 0 Å². The van der Waals surface area contributed by atoms with E-state index in [9.17, 15) is 0 Å². The largest absolute Gasteiger partial charge is 0.329 e. The molecule has 2 aliphatic carbocycles. The average molecular weight is 264 g/mol. The van der Waals surface area contributed by atoms with Gasteiger partial charge in [0, 0.05) is 12.1 Å². The van der Waals surface area contributed by atoms with E-state index in [0.29, 0.717) is 0 Å². The second-order valence-corrected chi connectivity index (χ2v) is 6.65. The highest BCUT2D eigenvalue weighted by Crippen LogP contribution is 2.34. The van der Waals surface area contributed by atoms with Gasteiger partial charge in [0.2, 0.25) is 0 Å². The quantitative estimate of drug-likeness (QED) is 0.687. The first-order valence-electron chi connectivity index (χ1n) is 8.41. The van der Waals surface area contributed by atoms with E-state index < -0.39 is 0 Å². The van der Waals surface area contributed by atoms with Crippen molar-refractivity contribution in [3.05, 3.63) is 11.6 Å². The van der Waals surface area contributed by atoms with Crippen molar-refractivity contribution in [2.75, 3.05) is 13.1 Å². The first-order chi connectivity index (χ1) is 9.28. The van der Waals surface area contributed by atoms with E-state index in [1.54, 1.807) is 5.57 Å². The Morgan fingerprint density at radius 1 is 1.37 bits per heavy atom. The molecule has 0 saturated heterocycles. The van der Waals surface area contributed by atoms with Crippen LogP contribution in [0.3, 0.4) is 0 Å². The minimum Gasteiger partial charge on any atom is -0.329 e. The zero-order valence-electron chi connectivity index (χ0n) is 12.7. The molecule has 3 N–H and O–H groups in total. The molecule has 2 aliphatic rings. The highest BCUT2D eigenvalue weighted by atomic mass is 15.0. The molecule has 0 aromatic rings. The predicted octanol–water partition coefficient (Wildman–Crippen LogP) is 3.76. The molecule has 110 valence electrons. The SMILES string of the molecule is CCCC1CCC(CN)(NCCC2=CCCC2)CC1. The van der Waals surface area contributed by atoms with E-state index in [4.69, 9.17) is 5.73 Å². The lowest BCUT2D eigenvalue weighted by Gasteiger charge is -2.40. The van der Waals surface area contributed by atoms with Gasteiger partial charge in [-0.25, -0.2) is 0 Å². The molecule has 0 atom stereocenters. The van der Waals surface area contributed by atoms with Gasteiger partial charge in [-0.3, -0.25) is 0 Å². The molecule has 2 rings (SSSR count). The Bertz CT molecular complexity index is 288. The summed E-state index contributed by atoms with van der Waals surface area (Å²) in [5.41, 5.74) is 7.99. The molecule has 0 spiro atoms. The van der Waals surface area contributed by atoms with Crippen LogP contribution in [0.2, 0.25) is 0 Å². The van der Waals surface area contributed by atoms with Crippen LogP contribution >= 0.6 is 0 Å².